The molecule has 2 nitrogen and oxygen atoms in total. The molecule has 1 aromatic carbocycles. The molecule has 0 aliphatic heterocycles. The lowest BCUT2D eigenvalue weighted by atomic mass is 10.0. The maximum Gasteiger partial charge on any atom is 0.389 e. The van der Waals surface area contributed by atoms with E-state index in [-0.39, 0.29) is 18.6 Å². The zero-order valence-corrected chi connectivity index (χ0v) is 10.5. The number of hydrogen-bond donors (Lipinski definition) is 1. The predicted octanol–water partition coefficient (Wildman–Crippen LogP) is 4.13. The summed E-state index contributed by atoms with van der Waals surface area (Å²) >= 11 is 0. The minimum absolute atomic E-state index is 0.0103. The number of alkyl halides is 3. The number of fused-ring (bicyclic) bond motifs is 1. The van der Waals surface area contributed by atoms with Crippen LogP contribution < -0.4 is 0 Å². The Kier molecular flexibility index (Phi) is 3.64. The van der Waals surface area contributed by atoms with Gasteiger partial charge in [0.15, 0.2) is 0 Å². The molecule has 0 unspecified atom stereocenters. The molecule has 0 atom stereocenters. The fourth-order valence-corrected chi connectivity index (χ4v) is 2.17. The molecule has 0 bridgehead atoms. The van der Waals surface area contributed by atoms with Gasteiger partial charge in [-0.05, 0) is 43.5 Å². The standard InChI is InChI=1S/C14H14F3NO/c1-9-8-10(4-3-7-14(15,16)17)13-11(18-9)5-2-6-12(13)19/h2,5-6,8,19H,3-4,7H2,1H3. The highest BCUT2D eigenvalue weighted by atomic mass is 19.4. The summed E-state index contributed by atoms with van der Waals surface area (Å²) in [5, 5.41) is 10.4. The van der Waals surface area contributed by atoms with Crippen LogP contribution in [0.3, 0.4) is 0 Å². The molecule has 0 radical (unpaired) electrons. The Hall–Kier alpha value is -1.78. The van der Waals surface area contributed by atoms with E-state index < -0.39 is 12.6 Å². The number of phenolic OH excluding ortho intramolecular Hbond substituents is 1. The summed E-state index contributed by atoms with van der Waals surface area (Å²) < 4.78 is 36.5. The number of aryl methyl sites for hydroxylation is 2. The van der Waals surface area contributed by atoms with E-state index in [0.29, 0.717) is 16.5 Å². The molecule has 0 saturated heterocycles. The van der Waals surface area contributed by atoms with Gasteiger partial charge in [0, 0.05) is 17.5 Å². The first-order valence-electron chi connectivity index (χ1n) is 6.02. The minimum atomic E-state index is -4.14. The Balaban J connectivity index is 2.31. The van der Waals surface area contributed by atoms with Crippen LogP contribution in [0.4, 0.5) is 13.2 Å². The van der Waals surface area contributed by atoms with Crippen molar-refractivity contribution in [2.75, 3.05) is 0 Å². The van der Waals surface area contributed by atoms with Crippen LogP contribution in [0, 0.1) is 6.92 Å². The Morgan fingerprint density at radius 1 is 1.26 bits per heavy atom. The molecule has 5 heteroatoms. The van der Waals surface area contributed by atoms with Gasteiger partial charge >= 0.3 is 6.18 Å². The molecule has 0 spiro atoms. The van der Waals surface area contributed by atoms with Crippen molar-refractivity contribution in [3.05, 3.63) is 35.5 Å². The molecule has 0 aliphatic rings. The molecule has 1 aromatic heterocycles. The van der Waals surface area contributed by atoms with Gasteiger partial charge in [-0.3, -0.25) is 4.98 Å². The summed E-state index contributed by atoms with van der Waals surface area (Å²) in [6.45, 7) is 1.79. The first-order valence-corrected chi connectivity index (χ1v) is 6.02. The monoisotopic (exact) mass is 269 g/mol. The molecule has 2 rings (SSSR count). The molecule has 2 aromatic rings. The molecule has 0 amide bonds. The van der Waals surface area contributed by atoms with E-state index in [0.717, 1.165) is 5.69 Å². The van der Waals surface area contributed by atoms with Crippen LogP contribution in [0.1, 0.15) is 24.1 Å². The fourth-order valence-electron chi connectivity index (χ4n) is 2.17. The van der Waals surface area contributed by atoms with Crippen LogP contribution in [-0.4, -0.2) is 16.3 Å². The third-order valence-corrected chi connectivity index (χ3v) is 2.93. The molecule has 0 aliphatic carbocycles. The second-order valence-electron chi connectivity index (χ2n) is 4.56. The number of aromatic hydroxyl groups is 1. The Labute approximate surface area is 108 Å². The average Bonchev–Trinajstić information content (AvgIpc) is 2.26. The maximum atomic E-state index is 12.2. The van der Waals surface area contributed by atoms with Gasteiger partial charge in [0.05, 0.1) is 5.52 Å². The van der Waals surface area contributed by atoms with Gasteiger partial charge in [-0.2, -0.15) is 13.2 Å². The van der Waals surface area contributed by atoms with Crippen molar-refractivity contribution < 1.29 is 18.3 Å². The number of rotatable bonds is 3. The largest absolute Gasteiger partial charge is 0.507 e. The number of benzene rings is 1. The Bertz CT molecular complexity index is 593. The highest BCUT2D eigenvalue weighted by Gasteiger charge is 2.26. The molecule has 1 heterocycles. The summed E-state index contributed by atoms with van der Waals surface area (Å²) in [6, 6.07) is 6.67. The van der Waals surface area contributed by atoms with E-state index in [4.69, 9.17) is 0 Å². The normalized spacial score (nSPS) is 12.0. The lowest BCUT2D eigenvalue weighted by Gasteiger charge is -2.10. The van der Waals surface area contributed by atoms with Crippen LogP contribution in [0.25, 0.3) is 10.9 Å². The second-order valence-corrected chi connectivity index (χ2v) is 4.56. The molecule has 0 saturated carbocycles. The van der Waals surface area contributed by atoms with Crippen molar-refractivity contribution in [2.24, 2.45) is 0 Å². The van der Waals surface area contributed by atoms with Crippen molar-refractivity contribution in [3.8, 4) is 5.75 Å². The molecule has 102 valence electrons. The maximum absolute atomic E-state index is 12.2. The van der Waals surface area contributed by atoms with E-state index >= 15 is 0 Å². The predicted molar refractivity (Wildman–Crippen MR) is 67.1 cm³/mol. The highest BCUT2D eigenvalue weighted by Crippen LogP contribution is 2.30. The lowest BCUT2D eigenvalue weighted by Crippen LogP contribution is -2.07. The van der Waals surface area contributed by atoms with Crippen molar-refractivity contribution >= 4 is 10.9 Å². The summed E-state index contributed by atoms with van der Waals surface area (Å²) in [6.07, 6.45) is -4.67. The molecule has 1 N–H and O–H groups in total. The van der Waals surface area contributed by atoms with Gasteiger partial charge in [0.1, 0.15) is 5.75 Å². The molecule has 0 fully saturated rings. The van der Waals surface area contributed by atoms with E-state index in [1.54, 1.807) is 25.1 Å². The van der Waals surface area contributed by atoms with Crippen molar-refractivity contribution in [3.63, 3.8) is 0 Å². The van der Waals surface area contributed by atoms with Crippen LogP contribution in [0.5, 0.6) is 5.75 Å². The fraction of sp³-hybridized carbons (Fsp3) is 0.357. The van der Waals surface area contributed by atoms with Crippen LogP contribution in [-0.2, 0) is 6.42 Å². The highest BCUT2D eigenvalue weighted by molar-refractivity contribution is 5.88. The van der Waals surface area contributed by atoms with Gasteiger partial charge in [0.25, 0.3) is 0 Å². The first kappa shape index (κ1) is 13.6. The van der Waals surface area contributed by atoms with Gasteiger partial charge in [0.2, 0.25) is 0 Å². The third-order valence-electron chi connectivity index (χ3n) is 2.93. The summed E-state index contributed by atoms with van der Waals surface area (Å²) in [7, 11) is 0. The summed E-state index contributed by atoms with van der Waals surface area (Å²) in [5.41, 5.74) is 2.06. The van der Waals surface area contributed by atoms with Crippen molar-refractivity contribution in [1.82, 2.24) is 4.98 Å². The quantitative estimate of drug-likeness (QED) is 0.908. The second kappa shape index (κ2) is 5.07. The van der Waals surface area contributed by atoms with Crippen LogP contribution >= 0.6 is 0 Å². The van der Waals surface area contributed by atoms with Gasteiger partial charge in [-0.15, -0.1) is 0 Å². The number of halogens is 3. The number of phenols is 1. The number of aromatic nitrogens is 1. The van der Waals surface area contributed by atoms with E-state index in [9.17, 15) is 18.3 Å². The van der Waals surface area contributed by atoms with Gasteiger partial charge in [-0.1, -0.05) is 6.07 Å². The SMILES string of the molecule is Cc1cc(CCCC(F)(F)F)c2c(O)cccc2n1. The summed E-state index contributed by atoms with van der Waals surface area (Å²) in [5.74, 6) is 0.0620. The van der Waals surface area contributed by atoms with Crippen molar-refractivity contribution in [1.29, 1.82) is 0 Å². The minimum Gasteiger partial charge on any atom is -0.507 e. The van der Waals surface area contributed by atoms with Crippen molar-refractivity contribution in [2.45, 2.75) is 32.4 Å². The van der Waals surface area contributed by atoms with E-state index in [1.165, 1.54) is 6.07 Å². The van der Waals surface area contributed by atoms with Gasteiger partial charge < -0.3 is 5.11 Å². The molecular weight excluding hydrogens is 255 g/mol. The van der Waals surface area contributed by atoms with Crippen LogP contribution in [0.15, 0.2) is 24.3 Å². The third kappa shape index (κ3) is 3.36. The molecule has 19 heavy (non-hydrogen) atoms. The van der Waals surface area contributed by atoms with Crippen LogP contribution in [0.2, 0.25) is 0 Å². The summed E-state index contributed by atoms with van der Waals surface area (Å²) in [4.78, 5) is 4.27. The average molecular weight is 269 g/mol. The zero-order chi connectivity index (χ0) is 14.0. The smallest absolute Gasteiger partial charge is 0.389 e. The van der Waals surface area contributed by atoms with Gasteiger partial charge in [-0.25, -0.2) is 0 Å². The van der Waals surface area contributed by atoms with E-state index in [2.05, 4.69) is 4.98 Å². The number of hydrogen-bond acceptors (Lipinski definition) is 2. The first-order chi connectivity index (χ1) is 8.87. The number of pyridine rings is 1. The number of nitrogens with zero attached hydrogens (tertiary/aromatic N) is 1. The Morgan fingerprint density at radius 2 is 2.00 bits per heavy atom. The topological polar surface area (TPSA) is 33.1 Å². The lowest BCUT2D eigenvalue weighted by molar-refractivity contribution is -0.135. The molecular formula is C14H14F3NO. The van der Waals surface area contributed by atoms with E-state index in [1.807, 2.05) is 0 Å². The zero-order valence-electron chi connectivity index (χ0n) is 10.5. The Morgan fingerprint density at radius 3 is 2.68 bits per heavy atom.